The molecule has 0 aliphatic heterocycles. The van der Waals surface area contributed by atoms with Crippen molar-refractivity contribution in [3.8, 4) is 0 Å². The van der Waals surface area contributed by atoms with Gasteiger partial charge in [0.25, 0.3) is 0 Å². The van der Waals surface area contributed by atoms with Gasteiger partial charge in [-0.25, -0.2) is 0 Å². The Labute approximate surface area is 108 Å². The molecule has 4 heteroatoms. The number of hydrogen-bond donors (Lipinski definition) is 3. The predicted octanol–water partition coefficient (Wildman–Crippen LogP) is 1.68. The first-order valence-electron chi connectivity index (χ1n) is 6.37. The molecule has 100 valence electrons. The molecule has 0 aliphatic carbocycles. The van der Waals surface area contributed by atoms with Crippen LogP contribution in [0.2, 0.25) is 0 Å². The summed E-state index contributed by atoms with van der Waals surface area (Å²) in [4.78, 5) is 11.6. The topological polar surface area (TPSA) is 75.4 Å². The van der Waals surface area contributed by atoms with Gasteiger partial charge in [-0.1, -0.05) is 12.1 Å². The number of carbonyl (C=O) groups is 1. The maximum absolute atomic E-state index is 11.6. The average molecular weight is 250 g/mol. The Bertz CT molecular complexity index is 378. The van der Waals surface area contributed by atoms with Crippen molar-refractivity contribution < 1.29 is 9.90 Å². The fourth-order valence-electron chi connectivity index (χ4n) is 1.67. The zero-order valence-corrected chi connectivity index (χ0v) is 10.9. The number of anilines is 1. The van der Waals surface area contributed by atoms with Crippen molar-refractivity contribution in [2.75, 3.05) is 11.9 Å². The minimum atomic E-state index is -0.00777. The van der Waals surface area contributed by atoms with E-state index in [2.05, 4.69) is 5.32 Å². The minimum absolute atomic E-state index is 0.00777. The Kier molecular flexibility index (Phi) is 6.39. The van der Waals surface area contributed by atoms with Crippen LogP contribution < -0.4 is 11.1 Å². The van der Waals surface area contributed by atoms with Crippen LogP contribution in [-0.4, -0.2) is 23.7 Å². The first-order chi connectivity index (χ1) is 8.61. The van der Waals surface area contributed by atoms with Crippen molar-refractivity contribution in [3.05, 3.63) is 29.8 Å². The summed E-state index contributed by atoms with van der Waals surface area (Å²) in [7, 11) is 0. The molecule has 0 saturated heterocycles. The Hall–Kier alpha value is -1.39. The second-order valence-electron chi connectivity index (χ2n) is 4.59. The second-order valence-corrected chi connectivity index (χ2v) is 4.59. The van der Waals surface area contributed by atoms with E-state index < -0.39 is 0 Å². The van der Waals surface area contributed by atoms with Gasteiger partial charge in [0.2, 0.25) is 5.91 Å². The van der Waals surface area contributed by atoms with E-state index in [-0.39, 0.29) is 18.6 Å². The molecule has 0 saturated carbocycles. The highest BCUT2D eigenvalue weighted by atomic mass is 16.2. The number of benzene rings is 1. The van der Waals surface area contributed by atoms with Crippen LogP contribution in [0.3, 0.4) is 0 Å². The van der Waals surface area contributed by atoms with Crippen molar-refractivity contribution in [1.29, 1.82) is 0 Å². The molecule has 1 atom stereocenters. The molecule has 1 aromatic carbocycles. The molecule has 0 spiro atoms. The fraction of sp³-hybridized carbons (Fsp3) is 0.500. The van der Waals surface area contributed by atoms with Crippen molar-refractivity contribution in [2.45, 2.75) is 38.6 Å². The molecular weight excluding hydrogens is 228 g/mol. The van der Waals surface area contributed by atoms with E-state index in [1.165, 1.54) is 0 Å². The van der Waals surface area contributed by atoms with Gasteiger partial charge in [-0.15, -0.1) is 0 Å². The molecule has 1 amide bonds. The zero-order valence-electron chi connectivity index (χ0n) is 10.9. The molecule has 1 rings (SSSR count). The normalized spacial score (nSPS) is 12.2. The van der Waals surface area contributed by atoms with Gasteiger partial charge < -0.3 is 16.2 Å². The van der Waals surface area contributed by atoms with Gasteiger partial charge in [0.15, 0.2) is 0 Å². The van der Waals surface area contributed by atoms with Crippen molar-refractivity contribution >= 4 is 11.6 Å². The highest BCUT2D eigenvalue weighted by Crippen LogP contribution is 2.12. The van der Waals surface area contributed by atoms with Gasteiger partial charge in [-0.3, -0.25) is 4.79 Å². The summed E-state index contributed by atoms with van der Waals surface area (Å²) >= 11 is 0. The van der Waals surface area contributed by atoms with E-state index in [9.17, 15) is 4.79 Å². The van der Waals surface area contributed by atoms with Crippen molar-refractivity contribution in [1.82, 2.24) is 0 Å². The molecular formula is C14H22N2O2. The molecule has 0 radical (unpaired) electrons. The Morgan fingerprint density at radius 2 is 2.28 bits per heavy atom. The lowest BCUT2D eigenvalue weighted by Gasteiger charge is -2.08. The summed E-state index contributed by atoms with van der Waals surface area (Å²) in [5, 5.41) is 11.6. The first-order valence-corrected chi connectivity index (χ1v) is 6.37. The van der Waals surface area contributed by atoms with Crippen LogP contribution in [0.15, 0.2) is 24.3 Å². The maximum atomic E-state index is 11.6. The number of aliphatic hydroxyl groups is 1. The number of aliphatic hydroxyl groups excluding tert-OH is 1. The Morgan fingerprint density at radius 3 is 2.94 bits per heavy atom. The number of nitrogens with one attached hydrogen (secondary N) is 1. The molecule has 0 aliphatic rings. The van der Waals surface area contributed by atoms with Crippen LogP contribution in [0, 0.1) is 0 Å². The smallest absolute Gasteiger partial charge is 0.224 e. The molecule has 4 nitrogen and oxygen atoms in total. The molecule has 0 aromatic heterocycles. The summed E-state index contributed by atoms with van der Waals surface area (Å²) < 4.78 is 0. The monoisotopic (exact) mass is 250 g/mol. The SMILES string of the molecule is CC(N)CCC(=O)Nc1cccc(CCCO)c1. The summed E-state index contributed by atoms with van der Waals surface area (Å²) in [6.45, 7) is 2.08. The molecule has 18 heavy (non-hydrogen) atoms. The molecule has 1 aromatic rings. The van der Waals surface area contributed by atoms with E-state index in [1.807, 2.05) is 31.2 Å². The second kappa shape index (κ2) is 7.84. The van der Waals surface area contributed by atoms with Crippen LogP contribution in [-0.2, 0) is 11.2 Å². The number of amides is 1. The van der Waals surface area contributed by atoms with Gasteiger partial charge in [0.05, 0.1) is 0 Å². The number of aryl methyl sites for hydroxylation is 1. The summed E-state index contributed by atoms with van der Waals surface area (Å²) in [5.41, 5.74) is 7.53. The van der Waals surface area contributed by atoms with Gasteiger partial charge in [0.1, 0.15) is 0 Å². The maximum Gasteiger partial charge on any atom is 0.224 e. The standard InChI is InChI=1S/C14H22N2O2/c1-11(15)7-8-14(18)16-13-6-2-4-12(10-13)5-3-9-17/h2,4,6,10-11,17H,3,5,7-9,15H2,1H3,(H,16,18). The van der Waals surface area contributed by atoms with Gasteiger partial charge in [0, 0.05) is 24.8 Å². The number of hydrogen-bond acceptors (Lipinski definition) is 3. The van der Waals surface area contributed by atoms with Crippen LogP contribution in [0.5, 0.6) is 0 Å². The van der Waals surface area contributed by atoms with Crippen LogP contribution in [0.1, 0.15) is 31.7 Å². The zero-order chi connectivity index (χ0) is 13.4. The molecule has 4 N–H and O–H groups in total. The van der Waals surface area contributed by atoms with Gasteiger partial charge in [-0.05, 0) is 43.9 Å². The molecule has 0 fully saturated rings. The first kappa shape index (κ1) is 14.7. The summed E-state index contributed by atoms with van der Waals surface area (Å²) in [6, 6.07) is 7.76. The highest BCUT2D eigenvalue weighted by Gasteiger charge is 2.04. The molecule has 1 unspecified atom stereocenters. The Morgan fingerprint density at radius 1 is 1.50 bits per heavy atom. The third kappa shape index (κ3) is 5.80. The van der Waals surface area contributed by atoms with E-state index in [0.717, 1.165) is 24.1 Å². The van der Waals surface area contributed by atoms with Crippen LogP contribution in [0.4, 0.5) is 5.69 Å². The number of nitrogens with two attached hydrogens (primary N) is 1. The predicted molar refractivity (Wildman–Crippen MR) is 73.4 cm³/mol. The Balaban J connectivity index is 2.48. The summed E-state index contributed by atoms with van der Waals surface area (Å²) in [6.07, 6.45) is 2.69. The van der Waals surface area contributed by atoms with Crippen molar-refractivity contribution in [3.63, 3.8) is 0 Å². The fourth-order valence-corrected chi connectivity index (χ4v) is 1.67. The lowest BCUT2D eigenvalue weighted by atomic mass is 10.1. The van der Waals surface area contributed by atoms with Crippen LogP contribution in [0.25, 0.3) is 0 Å². The number of carbonyl (C=O) groups excluding carboxylic acids is 1. The van der Waals surface area contributed by atoms with Crippen LogP contribution >= 0.6 is 0 Å². The van der Waals surface area contributed by atoms with E-state index in [0.29, 0.717) is 12.8 Å². The quantitative estimate of drug-likeness (QED) is 0.689. The molecule has 0 heterocycles. The largest absolute Gasteiger partial charge is 0.396 e. The van der Waals surface area contributed by atoms with E-state index in [1.54, 1.807) is 0 Å². The van der Waals surface area contributed by atoms with Gasteiger partial charge in [-0.2, -0.15) is 0 Å². The number of rotatable bonds is 7. The summed E-state index contributed by atoms with van der Waals surface area (Å²) in [5.74, 6) is -0.00777. The average Bonchev–Trinajstić information content (AvgIpc) is 2.34. The van der Waals surface area contributed by atoms with Gasteiger partial charge >= 0.3 is 0 Å². The third-order valence-corrected chi connectivity index (χ3v) is 2.66. The highest BCUT2D eigenvalue weighted by molar-refractivity contribution is 5.90. The minimum Gasteiger partial charge on any atom is -0.396 e. The van der Waals surface area contributed by atoms with E-state index >= 15 is 0 Å². The third-order valence-electron chi connectivity index (χ3n) is 2.66. The van der Waals surface area contributed by atoms with E-state index in [4.69, 9.17) is 10.8 Å². The van der Waals surface area contributed by atoms with Crippen molar-refractivity contribution in [2.24, 2.45) is 5.73 Å². The molecule has 0 bridgehead atoms. The lowest BCUT2D eigenvalue weighted by molar-refractivity contribution is -0.116. The lowest BCUT2D eigenvalue weighted by Crippen LogP contribution is -2.19.